The minimum atomic E-state index is -0.168. The summed E-state index contributed by atoms with van der Waals surface area (Å²) in [6.07, 6.45) is 1.61. The van der Waals surface area contributed by atoms with Crippen molar-refractivity contribution in [1.29, 1.82) is 0 Å². The molecule has 2 saturated heterocycles. The maximum Gasteiger partial charge on any atom is 0.410 e. The number of carbonyl (C=O) groups is 1. The zero-order valence-electron chi connectivity index (χ0n) is 6.12. The third-order valence-electron chi connectivity index (χ3n) is 2.29. The summed E-state index contributed by atoms with van der Waals surface area (Å²) in [4.78, 5) is 12.8. The van der Waals surface area contributed by atoms with Crippen molar-refractivity contribution in [1.82, 2.24) is 4.90 Å². The van der Waals surface area contributed by atoms with Crippen molar-refractivity contribution in [2.45, 2.75) is 24.3 Å². The number of alkyl halides is 1. The summed E-state index contributed by atoms with van der Waals surface area (Å²) < 4.78 is 4.88. The Morgan fingerprint density at radius 2 is 2.45 bits per heavy atom. The highest BCUT2D eigenvalue weighted by atomic mass is 35.5. The second-order valence-corrected chi connectivity index (χ2v) is 3.66. The molecule has 11 heavy (non-hydrogen) atoms. The highest BCUT2D eigenvalue weighted by Crippen LogP contribution is 2.26. The lowest BCUT2D eigenvalue weighted by Gasteiger charge is -2.28. The van der Waals surface area contributed by atoms with E-state index in [4.69, 9.17) is 16.3 Å². The van der Waals surface area contributed by atoms with Gasteiger partial charge in [0.05, 0.1) is 6.04 Å². The second-order valence-electron chi connectivity index (χ2n) is 3.05. The number of halogens is 1. The van der Waals surface area contributed by atoms with Crippen LogP contribution in [0.15, 0.2) is 0 Å². The van der Waals surface area contributed by atoms with E-state index in [2.05, 4.69) is 0 Å². The summed E-state index contributed by atoms with van der Waals surface area (Å²) >= 11 is 5.94. The summed E-state index contributed by atoms with van der Waals surface area (Å²) in [5.74, 6) is 0. The monoisotopic (exact) mass is 175 g/mol. The molecule has 0 aromatic heterocycles. The molecule has 2 unspecified atom stereocenters. The molecule has 0 spiro atoms. The molecule has 2 heterocycles. The number of nitrogens with zero attached hydrogens (tertiary/aromatic N) is 1. The summed E-state index contributed by atoms with van der Waals surface area (Å²) in [6.45, 7) is 1.29. The average Bonchev–Trinajstić information content (AvgIpc) is 2.32. The van der Waals surface area contributed by atoms with Crippen molar-refractivity contribution < 1.29 is 9.53 Å². The number of fused-ring (bicyclic) bond motifs is 1. The number of rotatable bonds is 0. The third-order valence-corrected chi connectivity index (χ3v) is 2.68. The summed E-state index contributed by atoms with van der Waals surface area (Å²) in [7, 11) is 0. The van der Waals surface area contributed by atoms with Crippen LogP contribution in [0, 0.1) is 0 Å². The van der Waals surface area contributed by atoms with Crippen molar-refractivity contribution >= 4 is 17.7 Å². The van der Waals surface area contributed by atoms with Crippen LogP contribution in [0.3, 0.4) is 0 Å². The SMILES string of the molecule is O=C1OCC2CC(Cl)CCN12. The fourth-order valence-corrected chi connectivity index (χ4v) is 1.95. The lowest BCUT2D eigenvalue weighted by atomic mass is 10.0. The van der Waals surface area contributed by atoms with Crippen LogP contribution in [0.1, 0.15) is 12.8 Å². The second kappa shape index (κ2) is 2.55. The van der Waals surface area contributed by atoms with Crippen LogP contribution in [0.25, 0.3) is 0 Å². The molecule has 0 aromatic rings. The zero-order valence-corrected chi connectivity index (χ0v) is 6.88. The van der Waals surface area contributed by atoms with Gasteiger partial charge >= 0.3 is 6.09 Å². The van der Waals surface area contributed by atoms with Gasteiger partial charge in [0.2, 0.25) is 0 Å². The van der Waals surface area contributed by atoms with Crippen molar-refractivity contribution in [3.05, 3.63) is 0 Å². The van der Waals surface area contributed by atoms with Crippen LogP contribution >= 0.6 is 11.6 Å². The van der Waals surface area contributed by atoms with E-state index in [1.165, 1.54) is 0 Å². The maximum absolute atomic E-state index is 11.0. The summed E-state index contributed by atoms with van der Waals surface area (Å²) in [5, 5.41) is 0.228. The third kappa shape index (κ3) is 1.18. The minimum absolute atomic E-state index is 0.168. The Morgan fingerprint density at radius 1 is 1.64 bits per heavy atom. The number of cyclic esters (lactones) is 1. The van der Waals surface area contributed by atoms with Gasteiger partial charge in [0.15, 0.2) is 0 Å². The molecular formula is C7H10ClNO2. The normalized spacial score (nSPS) is 36.8. The van der Waals surface area contributed by atoms with Crippen LogP contribution in [0.4, 0.5) is 4.79 Å². The minimum Gasteiger partial charge on any atom is -0.447 e. The summed E-state index contributed by atoms with van der Waals surface area (Å²) in [6, 6.07) is 0.249. The fraction of sp³-hybridized carbons (Fsp3) is 0.857. The van der Waals surface area contributed by atoms with Gasteiger partial charge in [-0.3, -0.25) is 0 Å². The number of ether oxygens (including phenoxy) is 1. The molecule has 4 heteroatoms. The number of carbonyl (C=O) groups excluding carboxylic acids is 1. The molecule has 2 fully saturated rings. The quantitative estimate of drug-likeness (QED) is 0.518. The van der Waals surface area contributed by atoms with Crippen LogP contribution < -0.4 is 0 Å². The summed E-state index contributed by atoms with van der Waals surface area (Å²) in [5.41, 5.74) is 0. The first-order valence-corrected chi connectivity index (χ1v) is 4.28. The number of hydrogen-bond acceptors (Lipinski definition) is 2. The topological polar surface area (TPSA) is 29.5 Å². The van der Waals surface area contributed by atoms with Crippen LogP contribution in [-0.2, 0) is 4.74 Å². The first-order chi connectivity index (χ1) is 5.27. The highest BCUT2D eigenvalue weighted by molar-refractivity contribution is 6.20. The maximum atomic E-state index is 11.0. The van der Waals surface area contributed by atoms with Gasteiger partial charge in [0.25, 0.3) is 0 Å². The highest BCUT2D eigenvalue weighted by Gasteiger charge is 2.37. The van der Waals surface area contributed by atoms with Crippen molar-refractivity contribution in [3.63, 3.8) is 0 Å². The molecule has 2 aliphatic heterocycles. The molecule has 62 valence electrons. The van der Waals surface area contributed by atoms with Crippen molar-refractivity contribution in [2.24, 2.45) is 0 Å². The zero-order chi connectivity index (χ0) is 7.84. The van der Waals surface area contributed by atoms with Gasteiger partial charge in [-0.25, -0.2) is 4.79 Å². The molecule has 0 bridgehead atoms. The Kier molecular flexibility index (Phi) is 1.68. The van der Waals surface area contributed by atoms with Gasteiger partial charge in [0, 0.05) is 11.9 Å². The molecular weight excluding hydrogens is 166 g/mol. The van der Waals surface area contributed by atoms with Gasteiger partial charge in [-0.05, 0) is 12.8 Å². The molecule has 0 aromatic carbocycles. The largest absolute Gasteiger partial charge is 0.447 e. The Morgan fingerprint density at radius 3 is 3.27 bits per heavy atom. The van der Waals surface area contributed by atoms with Gasteiger partial charge in [-0.1, -0.05) is 0 Å². The molecule has 2 rings (SSSR count). The molecule has 1 amide bonds. The Hall–Kier alpha value is -0.440. The predicted octanol–water partition coefficient (Wildman–Crippen LogP) is 1.21. The average molecular weight is 176 g/mol. The number of amides is 1. The van der Waals surface area contributed by atoms with E-state index in [0.29, 0.717) is 6.61 Å². The van der Waals surface area contributed by atoms with Crippen LogP contribution in [0.5, 0.6) is 0 Å². The van der Waals surface area contributed by atoms with Crippen LogP contribution in [0.2, 0.25) is 0 Å². The Labute approximate surface area is 70.3 Å². The van der Waals surface area contributed by atoms with Gasteiger partial charge < -0.3 is 9.64 Å². The Balaban J connectivity index is 2.06. The standard InChI is InChI=1S/C7H10ClNO2/c8-5-1-2-9-6(3-5)4-11-7(9)10/h5-6H,1-4H2. The molecule has 2 atom stereocenters. The molecule has 3 nitrogen and oxygen atoms in total. The van der Waals surface area contributed by atoms with Crippen molar-refractivity contribution in [3.8, 4) is 0 Å². The van der Waals surface area contributed by atoms with E-state index in [-0.39, 0.29) is 17.5 Å². The van der Waals surface area contributed by atoms with E-state index in [0.717, 1.165) is 19.4 Å². The van der Waals surface area contributed by atoms with Crippen molar-refractivity contribution in [2.75, 3.05) is 13.2 Å². The van der Waals surface area contributed by atoms with E-state index < -0.39 is 0 Å². The predicted molar refractivity (Wildman–Crippen MR) is 40.7 cm³/mol. The lowest BCUT2D eigenvalue weighted by molar-refractivity contribution is 0.154. The molecule has 0 aliphatic carbocycles. The molecule has 2 aliphatic rings. The smallest absolute Gasteiger partial charge is 0.410 e. The van der Waals surface area contributed by atoms with E-state index >= 15 is 0 Å². The fourth-order valence-electron chi connectivity index (χ4n) is 1.65. The first-order valence-electron chi connectivity index (χ1n) is 3.85. The number of hydrogen-bond donors (Lipinski definition) is 0. The van der Waals surface area contributed by atoms with Gasteiger partial charge in [0.1, 0.15) is 6.61 Å². The van der Waals surface area contributed by atoms with Gasteiger partial charge in [-0.15, -0.1) is 11.6 Å². The van der Waals surface area contributed by atoms with E-state index in [1.807, 2.05) is 0 Å². The molecule has 0 N–H and O–H groups in total. The number of piperidine rings is 1. The molecule has 0 saturated carbocycles. The van der Waals surface area contributed by atoms with E-state index in [1.54, 1.807) is 4.90 Å². The van der Waals surface area contributed by atoms with Gasteiger partial charge in [-0.2, -0.15) is 0 Å². The first kappa shape index (κ1) is 7.22. The Bertz CT molecular complexity index is 185. The van der Waals surface area contributed by atoms with E-state index in [9.17, 15) is 4.79 Å². The lowest BCUT2D eigenvalue weighted by Crippen LogP contribution is -2.41. The van der Waals surface area contributed by atoms with Crippen LogP contribution in [-0.4, -0.2) is 35.6 Å². The molecule has 0 radical (unpaired) electrons.